The number of hydrogen-bond donors (Lipinski definition) is 1. The van der Waals surface area contributed by atoms with Crippen LogP contribution in [0.2, 0.25) is 0 Å². The van der Waals surface area contributed by atoms with Crippen LogP contribution in [-0.4, -0.2) is 36.5 Å². The number of nitrogens with one attached hydrogen (secondary N) is 1. The van der Waals surface area contributed by atoms with Crippen LogP contribution < -0.4 is 10.1 Å². The fraction of sp³-hybridized carbons (Fsp3) is 0.611. The van der Waals surface area contributed by atoms with Gasteiger partial charge in [0.15, 0.2) is 0 Å². The van der Waals surface area contributed by atoms with E-state index in [9.17, 15) is 4.79 Å². The van der Waals surface area contributed by atoms with Crippen molar-refractivity contribution in [2.75, 3.05) is 25.0 Å². The summed E-state index contributed by atoms with van der Waals surface area (Å²) in [4.78, 5) is 14.3. The lowest BCUT2D eigenvalue weighted by atomic mass is 10.2. The Morgan fingerprint density at radius 1 is 1.18 bits per heavy atom. The molecule has 1 aromatic rings. The molecule has 1 N–H and O–H groups in total. The molecule has 1 saturated heterocycles. The smallest absolute Gasteiger partial charge is 0.224 e. The van der Waals surface area contributed by atoms with Gasteiger partial charge < -0.3 is 15.0 Å². The van der Waals surface area contributed by atoms with E-state index in [0.29, 0.717) is 13.0 Å². The number of carbonyl (C=O) groups excluding carboxylic acids is 1. The highest BCUT2D eigenvalue weighted by molar-refractivity contribution is 5.76. The SMILES string of the molecule is CC(C)Oc1ccccc1NCCC(=O)N1CCCCCC1. The Labute approximate surface area is 133 Å². The van der Waals surface area contributed by atoms with Crippen molar-refractivity contribution >= 4 is 11.6 Å². The third-order valence-electron chi connectivity index (χ3n) is 3.86. The summed E-state index contributed by atoms with van der Waals surface area (Å²) in [6, 6.07) is 7.89. The highest BCUT2D eigenvalue weighted by Gasteiger charge is 2.15. The maximum Gasteiger partial charge on any atom is 0.224 e. The van der Waals surface area contributed by atoms with E-state index in [-0.39, 0.29) is 12.0 Å². The van der Waals surface area contributed by atoms with Crippen LogP contribution in [0.25, 0.3) is 0 Å². The summed E-state index contributed by atoms with van der Waals surface area (Å²) in [5, 5.41) is 3.33. The Bertz CT molecular complexity index is 466. The number of benzene rings is 1. The number of para-hydroxylation sites is 2. The molecule has 1 aliphatic heterocycles. The van der Waals surface area contributed by atoms with Crippen LogP contribution in [0, 0.1) is 0 Å². The quantitative estimate of drug-likeness (QED) is 0.871. The Hall–Kier alpha value is -1.71. The van der Waals surface area contributed by atoms with Gasteiger partial charge in [-0.15, -0.1) is 0 Å². The fourth-order valence-corrected chi connectivity index (χ4v) is 2.75. The second-order valence-corrected chi connectivity index (χ2v) is 6.13. The first kappa shape index (κ1) is 16.7. The van der Waals surface area contributed by atoms with Crippen molar-refractivity contribution in [3.05, 3.63) is 24.3 Å². The normalized spacial score (nSPS) is 15.5. The van der Waals surface area contributed by atoms with Gasteiger partial charge in [0.2, 0.25) is 5.91 Å². The summed E-state index contributed by atoms with van der Waals surface area (Å²) in [5.41, 5.74) is 0.958. The lowest BCUT2D eigenvalue weighted by molar-refractivity contribution is -0.130. The molecule has 0 saturated carbocycles. The summed E-state index contributed by atoms with van der Waals surface area (Å²) in [6.45, 7) is 6.52. The van der Waals surface area contributed by atoms with E-state index < -0.39 is 0 Å². The van der Waals surface area contributed by atoms with Gasteiger partial charge in [-0.25, -0.2) is 0 Å². The maximum atomic E-state index is 12.3. The van der Waals surface area contributed by atoms with Gasteiger partial charge in [-0.2, -0.15) is 0 Å². The first-order valence-corrected chi connectivity index (χ1v) is 8.44. The van der Waals surface area contributed by atoms with Crippen molar-refractivity contribution in [3.8, 4) is 5.75 Å². The van der Waals surface area contributed by atoms with E-state index >= 15 is 0 Å². The molecule has 1 heterocycles. The zero-order valence-corrected chi connectivity index (χ0v) is 13.8. The van der Waals surface area contributed by atoms with E-state index in [1.54, 1.807) is 0 Å². The monoisotopic (exact) mass is 304 g/mol. The maximum absolute atomic E-state index is 12.3. The van der Waals surface area contributed by atoms with Crippen LogP contribution in [0.4, 0.5) is 5.69 Å². The van der Waals surface area contributed by atoms with Crippen molar-refractivity contribution in [1.82, 2.24) is 4.90 Å². The lowest BCUT2D eigenvalue weighted by Gasteiger charge is -2.21. The molecular weight excluding hydrogens is 276 g/mol. The number of ether oxygens (including phenoxy) is 1. The second kappa shape index (κ2) is 8.66. The molecule has 1 amide bonds. The average Bonchev–Trinajstić information content (AvgIpc) is 2.77. The van der Waals surface area contributed by atoms with Gasteiger partial charge in [0, 0.05) is 26.1 Å². The Kier molecular flexibility index (Phi) is 6.56. The van der Waals surface area contributed by atoms with Gasteiger partial charge in [-0.3, -0.25) is 4.79 Å². The van der Waals surface area contributed by atoms with E-state index in [1.165, 1.54) is 12.8 Å². The molecule has 1 fully saturated rings. The van der Waals surface area contributed by atoms with Gasteiger partial charge >= 0.3 is 0 Å². The molecule has 1 aromatic carbocycles. The number of anilines is 1. The minimum atomic E-state index is 0.140. The molecule has 0 aromatic heterocycles. The van der Waals surface area contributed by atoms with Gasteiger partial charge in [0.25, 0.3) is 0 Å². The van der Waals surface area contributed by atoms with E-state index in [4.69, 9.17) is 4.74 Å². The molecule has 4 nitrogen and oxygen atoms in total. The highest BCUT2D eigenvalue weighted by atomic mass is 16.5. The zero-order chi connectivity index (χ0) is 15.8. The molecule has 1 aliphatic rings. The van der Waals surface area contributed by atoms with Crippen molar-refractivity contribution in [2.45, 2.75) is 52.1 Å². The molecule has 0 radical (unpaired) electrons. The summed E-state index contributed by atoms with van der Waals surface area (Å²) < 4.78 is 5.78. The molecule has 22 heavy (non-hydrogen) atoms. The number of carbonyl (C=O) groups is 1. The third-order valence-corrected chi connectivity index (χ3v) is 3.86. The summed E-state index contributed by atoms with van der Waals surface area (Å²) >= 11 is 0. The molecule has 4 heteroatoms. The molecule has 0 spiro atoms. The molecule has 0 unspecified atom stereocenters. The van der Waals surface area contributed by atoms with E-state index in [1.807, 2.05) is 43.0 Å². The number of rotatable bonds is 6. The van der Waals surface area contributed by atoms with Crippen molar-refractivity contribution in [3.63, 3.8) is 0 Å². The molecule has 122 valence electrons. The van der Waals surface area contributed by atoms with Crippen LogP contribution in [0.1, 0.15) is 46.0 Å². The standard InChI is InChI=1S/C18H28N2O2/c1-15(2)22-17-10-6-5-9-16(17)19-12-11-18(21)20-13-7-3-4-8-14-20/h5-6,9-10,15,19H,3-4,7-8,11-14H2,1-2H3. The van der Waals surface area contributed by atoms with Gasteiger partial charge in [0.1, 0.15) is 5.75 Å². The first-order valence-electron chi connectivity index (χ1n) is 8.44. The summed E-state index contributed by atoms with van der Waals surface area (Å²) in [5.74, 6) is 1.11. The number of hydrogen-bond acceptors (Lipinski definition) is 3. The second-order valence-electron chi connectivity index (χ2n) is 6.13. The van der Waals surface area contributed by atoms with Crippen molar-refractivity contribution in [2.24, 2.45) is 0 Å². The first-order chi connectivity index (χ1) is 10.7. The molecule has 0 bridgehead atoms. The van der Waals surface area contributed by atoms with Crippen LogP contribution >= 0.6 is 0 Å². The van der Waals surface area contributed by atoms with Gasteiger partial charge in [0.05, 0.1) is 11.8 Å². The molecule has 2 rings (SSSR count). The predicted octanol–water partition coefficient (Wildman–Crippen LogP) is 3.68. The Morgan fingerprint density at radius 2 is 1.86 bits per heavy atom. The van der Waals surface area contributed by atoms with Crippen LogP contribution in [0.15, 0.2) is 24.3 Å². The predicted molar refractivity (Wildman–Crippen MR) is 90.4 cm³/mol. The Morgan fingerprint density at radius 3 is 2.55 bits per heavy atom. The minimum absolute atomic E-state index is 0.140. The zero-order valence-electron chi connectivity index (χ0n) is 13.8. The number of likely N-dealkylation sites (tertiary alicyclic amines) is 1. The molecule has 0 atom stereocenters. The van der Waals surface area contributed by atoms with Crippen molar-refractivity contribution in [1.29, 1.82) is 0 Å². The topological polar surface area (TPSA) is 41.6 Å². The van der Waals surface area contributed by atoms with Crippen LogP contribution in [0.3, 0.4) is 0 Å². The Balaban J connectivity index is 1.81. The highest BCUT2D eigenvalue weighted by Crippen LogP contribution is 2.24. The van der Waals surface area contributed by atoms with Gasteiger partial charge in [-0.1, -0.05) is 25.0 Å². The number of nitrogens with zero attached hydrogens (tertiary/aromatic N) is 1. The number of amides is 1. The third kappa shape index (κ3) is 5.24. The summed E-state index contributed by atoms with van der Waals surface area (Å²) in [7, 11) is 0. The largest absolute Gasteiger partial charge is 0.489 e. The van der Waals surface area contributed by atoms with Crippen LogP contribution in [0.5, 0.6) is 5.75 Å². The van der Waals surface area contributed by atoms with E-state index in [0.717, 1.165) is 37.4 Å². The minimum Gasteiger partial charge on any atom is -0.489 e. The van der Waals surface area contributed by atoms with Crippen molar-refractivity contribution < 1.29 is 9.53 Å². The molecular formula is C18H28N2O2. The molecule has 0 aliphatic carbocycles. The average molecular weight is 304 g/mol. The summed E-state index contributed by atoms with van der Waals surface area (Å²) in [6.07, 6.45) is 5.47. The lowest BCUT2D eigenvalue weighted by Crippen LogP contribution is -2.32. The fourth-order valence-electron chi connectivity index (χ4n) is 2.75. The van der Waals surface area contributed by atoms with Crippen LogP contribution in [-0.2, 0) is 4.79 Å². The van der Waals surface area contributed by atoms with Gasteiger partial charge in [-0.05, 0) is 38.8 Å². The van der Waals surface area contributed by atoms with E-state index in [2.05, 4.69) is 5.32 Å².